The Balaban J connectivity index is 1.66. The van der Waals surface area contributed by atoms with E-state index < -0.39 is 7.14 Å². The van der Waals surface area contributed by atoms with Crippen LogP contribution in [0.1, 0.15) is 0 Å². The van der Waals surface area contributed by atoms with Gasteiger partial charge in [-0.1, -0.05) is 121 Å². The van der Waals surface area contributed by atoms with Crippen molar-refractivity contribution in [2.75, 3.05) is 0 Å². The molecule has 37 heavy (non-hydrogen) atoms. The van der Waals surface area contributed by atoms with Crippen LogP contribution in [0.25, 0.3) is 49.4 Å². The molecule has 6 aromatic carbocycles. The molecule has 0 radical (unpaired) electrons. The predicted octanol–water partition coefficient (Wildman–Crippen LogP) is 7.56. The third-order valence-electron chi connectivity index (χ3n) is 7.77. The average Bonchev–Trinajstić information content (AvgIpc) is 3.45. The fourth-order valence-electron chi connectivity index (χ4n) is 6.22. The maximum absolute atomic E-state index is 15.6. The summed E-state index contributed by atoms with van der Waals surface area (Å²) in [7, 11) is -3.13. The molecule has 8 rings (SSSR count). The van der Waals surface area contributed by atoms with Crippen molar-refractivity contribution in [2.24, 2.45) is 0 Å². The van der Waals surface area contributed by atoms with Crippen LogP contribution in [0, 0.1) is 0 Å². The van der Waals surface area contributed by atoms with Crippen LogP contribution in [-0.2, 0) is 4.57 Å². The SMILES string of the molecule is O=P1(c2ccccc2)c2ccccc2-c2ccc3c4ccc5ccccc5c4n(-c4ccccc4)c3c21. The monoisotopic (exact) mass is 491 g/mol. The van der Waals surface area contributed by atoms with Crippen LogP contribution in [0.4, 0.5) is 0 Å². The van der Waals surface area contributed by atoms with Gasteiger partial charge in [-0.25, -0.2) is 0 Å². The number of hydrogen-bond donors (Lipinski definition) is 0. The third-order valence-corrected chi connectivity index (χ3v) is 10.9. The Morgan fingerprint density at radius 3 is 1.97 bits per heavy atom. The van der Waals surface area contributed by atoms with E-state index in [2.05, 4.69) is 89.5 Å². The molecule has 2 heterocycles. The van der Waals surface area contributed by atoms with Crippen LogP contribution in [0.3, 0.4) is 0 Å². The lowest BCUT2D eigenvalue weighted by Crippen LogP contribution is -2.22. The zero-order valence-corrected chi connectivity index (χ0v) is 20.9. The van der Waals surface area contributed by atoms with E-state index in [1.807, 2.05) is 48.5 Å². The summed E-state index contributed by atoms with van der Waals surface area (Å²) >= 11 is 0. The largest absolute Gasteiger partial charge is 0.309 e. The number of para-hydroxylation sites is 1. The Morgan fingerprint density at radius 2 is 1.14 bits per heavy atom. The Bertz CT molecular complexity index is 2060. The lowest BCUT2D eigenvalue weighted by atomic mass is 10.0. The molecule has 0 bridgehead atoms. The van der Waals surface area contributed by atoms with Crippen molar-refractivity contribution in [2.45, 2.75) is 0 Å². The molecule has 2 nitrogen and oxygen atoms in total. The van der Waals surface area contributed by atoms with Gasteiger partial charge in [0.2, 0.25) is 0 Å². The molecular formula is C34H22NOP. The first-order valence-corrected chi connectivity index (χ1v) is 14.3. The molecule has 7 aromatic rings. The molecule has 1 atom stereocenters. The van der Waals surface area contributed by atoms with Gasteiger partial charge in [0.25, 0.3) is 0 Å². The second kappa shape index (κ2) is 7.56. The second-order valence-corrected chi connectivity index (χ2v) is 12.3. The number of rotatable bonds is 2. The number of fused-ring (bicyclic) bond motifs is 9. The molecule has 0 N–H and O–H groups in total. The number of benzene rings is 6. The first-order valence-electron chi connectivity index (χ1n) is 12.6. The minimum atomic E-state index is -3.13. The zero-order chi connectivity index (χ0) is 24.6. The van der Waals surface area contributed by atoms with Gasteiger partial charge >= 0.3 is 0 Å². The zero-order valence-electron chi connectivity index (χ0n) is 20.0. The minimum absolute atomic E-state index is 0.878. The van der Waals surface area contributed by atoms with Crippen molar-refractivity contribution in [3.05, 3.63) is 133 Å². The second-order valence-electron chi connectivity index (χ2n) is 9.67. The standard InChI is InChI=1S/C34H22NOP/c36-37(25-14-5-2-6-15-25)31-18-10-9-17-27(31)30-22-21-29-28-20-19-23-11-7-8-16-26(23)32(28)35(33(29)34(30)37)24-12-3-1-4-13-24/h1-22H. The van der Waals surface area contributed by atoms with E-state index in [-0.39, 0.29) is 0 Å². The van der Waals surface area contributed by atoms with Crippen LogP contribution >= 0.6 is 7.14 Å². The highest BCUT2D eigenvalue weighted by Gasteiger charge is 2.42. The summed E-state index contributed by atoms with van der Waals surface area (Å²) in [6, 6.07) is 46.1. The van der Waals surface area contributed by atoms with E-state index in [0.29, 0.717) is 0 Å². The van der Waals surface area contributed by atoms with Gasteiger partial charge in [-0.3, -0.25) is 0 Å². The van der Waals surface area contributed by atoms with Gasteiger partial charge in [-0.05, 0) is 28.6 Å². The summed E-state index contributed by atoms with van der Waals surface area (Å²) in [6.07, 6.45) is 0. The summed E-state index contributed by atoms with van der Waals surface area (Å²) in [4.78, 5) is 0. The fraction of sp³-hybridized carbons (Fsp3) is 0. The predicted molar refractivity (Wildman–Crippen MR) is 157 cm³/mol. The van der Waals surface area contributed by atoms with Crippen molar-refractivity contribution < 1.29 is 4.57 Å². The average molecular weight is 492 g/mol. The highest BCUT2D eigenvalue weighted by atomic mass is 31.2. The molecule has 0 fully saturated rings. The molecule has 0 amide bonds. The van der Waals surface area contributed by atoms with Crippen LogP contribution in [0.2, 0.25) is 0 Å². The summed E-state index contributed by atoms with van der Waals surface area (Å²) in [5, 5.41) is 7.45. The summed E-state index contributed by atoms with van der Waals surface area (Å²) in [6.45, 7) is 0. The summed E-state index contributed by atoms with van der Waals surface area (Å²) in [5.41, 5.74) is 5.41. The smallest absolute Gasteiger partial charge is 0.174 e. The molecule has 0 spiro atoms. The van der Waals surface area contributed by atoms with Crippen molar-refractivity contribution in [1.82, 2.24) is 4.57 Å². The van der Waals surface area contributed by atoms with Gasteiger partial charge in [-0.15, -0.1) is 0 Å². The van der Waals surface area contributed by atoms with E-state index in [0.717, 1.165) is 49.1 Å². The van der Waals surface area contributed by atoms with Crippen molar-refractivity contribution in [3.63, 3.8) is 0 Å². The summed E-state index contributed by atoms with van der Waals surface area (Å²) < 4.78 is 17.9. The van der Waals surface area contributed by atoms with E-state index in [9.17, 15) is 0 Å². The molecule has 1 unspecified atom stereocenters. The van der Waals surface area contributed by atoms with Crippen LogP contribution < -0.4 is 15.9 Å². The molecule has 1 aromatic heterocycles. The van der Waals surface area contributed by atoms with Gasteiger partial charge in [0.05, 0.1) is 16.3 Å². The molecule has 1 aliphatic heterocycles. The molecule has 174 valence electrons. The Morgan fingerprint density at radius 1 is 0.486 bits per heavy atom. The van der Waals surface area contributed by atoms with Gasteiger partial charge in [-0.2, -0.15) is 0 Å². The van der Waals surface area contributed by atoms with E-state index >= 15 is 4.57 Å². The Labute approximate surface area is 214 Å². The highest BCUT2D eigenvalue weighted by molar-refractivity contribution is 7.86. The maximum atomic E-state index is 15.6. The van der Waals surface area contributed by atoms with Crippen molar-refractivity contribution in [1.29, 1.82) is 0 Å². The molecule has 0 saturated carbocycles. The van der Waals surface area contributed by atoms with E-state index in [1.165, 1.54) is 16.2 Å². The fourth-order valence-corrected chi connectivity index (χ4v) is 9.47. The number of aromatic nitrogens is 1. The first kappa shape index (κ1) is 20.8. The first-order chi connectivity index (χ1) is 18.3. The normalized spacial score (nSPS) is 16.3. The maximum Gasteiger partial charge on any atom is 0.174 e. The van der Waals surface area contributed by atoms with E-state index in [1.54, 1.807) is 0 Å². The quantitative estimate of drug-likeness (QED) is 0.229. The van der Waals surface area contributed by atoms with Gasteiger partial charge < -0.3 is 9.13 Å². The molecule has 3 heteroatoms. The molecule has 0 saturated heterocycles. The van der Waals surface area contributed by atoms with Crippen LogP contribution in [0.15, 0.2) is 133 Å². The third kappa shape index (κ3) is 2.68. The van der Waals surface area contributed by atoms with Gasteiger partial charge in [0, 0.05) is 32.5 Å². The minimum Gasteiger partial charge on any atom is -0.309 e. The molecule has 0 aliphatic carbocycles. The number of nitrogens with zero attached hydrogens (tertiary/aromatic N) is 1. The highest BCUT2D eigenvalue weighted by Crippen LogP contribution is 2.55. The Kier molecular flexibility index (Phi) is 4.24. The van der Waals surface area contributed by atoms with Gasteiger partial charge in [0.15, 0.2) is 7.14 Å². The Hall–Kier alpha value is -4.39. The van der Waals surface area contributed by atoms with Crippen molar-refractivity contribution >= 4 is 55.6 Å². The molecular weight excluding hydrogens is 469 g/mol. The molecule has 1 aliphatic rings. The summed E-state index contributed by atoms with van der Waals surface area (Å²) in [5.74, 6) is 0. The van der Waals surface area contributed by atoms with Gasteiger partial charge in [0.1, 0.15) is 0 Å². The number of hydrogen-bond acceptors (Lipinski definition) is 1. The topological polar surface area (TPSA) is 22.0 Å². The van der Waals surface area contributed by atoms with Crippen LogP contribution in [0.5, 0.6) is 0 Å². The lowest BCUT2D eigenvalue weighted by molar-refractivity contribution is 0.593. The lowest BCUT2D eigenvalue weighted by Gasteiger charge is -2.18. The van der Waals surface area contributed by atoms with Crippen LogP contribution in [-0.4, -0.2) is 4.57 Å². The van der Waals surface area contributed by atoms with E-state index in [4.69, 9.17) is 0 Å². The van der Waals surface area contributed by atoms with Crippen molar-refractivity contribution in [3.8, 4) is 16.8 Å².